The van der Waals surface area contributed by atoms with Crippen LogP contribution in [0, 0.1) is 18.5 Å². The molecule has 3 aromatic heterocycles. The molecule has 9 rings (SSSR count). The number of rotatable bonds is 9. The molecular weight excluding hydrogens is 1010 g/mol. The molecule has 0 radical (unpaired) electrons. The third kappa shape index (κ3) is 9.27. The van der Waals surface area contributed by atoms with E-state index in [0.717, 1.165) is 44.7 Å². The van der Waals surface area contributed by atoms with E-state index in [1.54, 1.807) is 0 Å². The number of ether oxygens (including phenoxy) is 1. The Bertz CT molecular complexity index is 3230. The van der Waals surface area contributed by atoms with Gasteiger partial charge in [-0.25, -0.2) is 4.98 Å². The third-order valence-corrected chi connectivity index (χ3v) is 13.7. The van der Waals surface area contributed by atoms with Crippen LogP contribution < -0.4 is 9.30 Å². The molecule has 3 heterocycles. The number of pyridine rings is 1. The molecule has 5 nitrogen and oxygen atoms in total. The molecule has 0 fully saturated rings. The van der Waals surface area contributed by atoms with Gasteiger partial charge in [0.05, 0.1) is 11.4 Å². The summed E-state index contributed by atoms with van der Waals surface area (Å²) in [6.45, 7) is 29.5. The fraction of sp³-hybridized carbons (Fsp3) is 0.290. The molecule has 0 aliphatic rings. The molecule has 9 aromatic rings. The molecule has 6 heteroatoms. The second-order valence-corrected chi connectivity index (χ2v) is 22.4. The summed E-state index contributed by atoms with van der Waals surface area (Å²) >= 11 is 0. The van der Waals surface area contributed by atoms with Crippen LogP contribution in [0.25, 0.3) is 39.0 Å². The molecule has 0 amide bonds. The Kier molecular flexibility index (Phi) is 12.7. The van der Waals surface area contributed by atoms with Crippen LogP contribution in [0.15, 0.2) is 152 Å². The van der Waals surface area contributed by atoms with Gasteiger partial charge >= 0.3 is 0 Å². The second kappa shape index (κ2) is 17.8. The number of aromatic nitrogens is 4. The standard InChI is InChI=1S/C62H64N4O.Pt/c1-58(2,3)44-31-32-63-57(37-44)66-54-30-27-45(61(10,11)42-21-16-14-17-22-42)36-53(54)52-29-28-51(39-55(52)66)67-50-26-20-25-48(38-50)65-41-64(40-56(65)62(12,13)43-23-18-15-19-24-43)49-34-46(59(4,5)6)33-47(35-49)60(7,8)9;/h14-37,40H,1-13H3;/q-2;. The summed E-state index contributed by atoms with van der Waals surface area (Å²) in [6, 6.07) is 57.2. The van der Waals surface area contributed by atoms with Gasteiger partial charge in [0.15, 0.2) is 0 Å². The number of imidazole rings is 1. The monoisotopic (exact) mass is 1080 g/mol. The quantitative estimate of drug-likeness (QED) is 0.107. The van der Waals surface area contributed by atoms with Crippen molar-refractivity contribution in [2.75, 3.05) is 0 Å². The van der Waals surface area contributed by atoms with Crippen LogP contribution in [0.3, 0.4) is 0 Å². The topological polar surface area (TPSA) is 35.9 Å². The van der Waals surface area contributed by atoms with Crippen LogP contribution >= 0.6 is 0 Å². The first-order chi connectivity index (χ1) is 31.6. The average molecular weight is 1080 g/mol. The number of hydrogen-bond acceptors (Lipinski definition) is 2. The normalized spacial score (nSPS) is 12.7. The van der Waals surface area contributed by atoms with Gasteiger partial charge in [-0.15, -0.1) is 29.7 Å². The van der Waals surface area contributed by atoms with Crippen LogP contribution in [0.5, 0.6) is 11.5 Å². The number of nitrogens with zero attached hydrogens (tertiary/aromatic N) is 4. The van der Waals surface area contributed by atoms with Crippen molar-refractivity contribution in [1.29, 1.82) is 0 Å². The summed E-state index contributed by atoms with van der Waals surface area (Å²) in [5, 5.41) is 2.22. The van der Waals surface area contributed by atoms with E-state index in [-0.39, 0.29) is 48.1 Å². The predicted molar refractivity (Wildman–Crippen MR) is 276 cm³/mol. The molecule has 0 atom stereocenters. The van der Waals surface area contributed by atoms with Gasteiger partial charge in [-0.3, -0.25) is 4.57 Å². The molecule has 0 spiro atoms. The van der Waals surface area contributed by atoms with Crippen molar-refractivity contribution in [3.63, 3.8) is 0 Å². The molecule has 6 aromatic carbocycles. The van der Waals surface area contributed by atoms with E-state index in [1.165, 1.54) is 33.4 Å². The maximum atomic E-state index is 6.78. The van der Waals surface area contributed by atoms with Crippen molar-refractivity contribution in [3.05, 3.63) is 209 Å². The van der Waals surface area contributed by atoms with Crippen molar-refractivity contribution in [1.82, 2.24) is 14.1 Å². The van der Waals surface area contributed by atoms with E-state index in [4.69, 9.17) is 9.72 Å². The summed E-state index contributed by atoms with van der Waals surface area (Å²) in [6.07, 6.45) is 7.92. The number of fused-ring (bicyclic) bond motifs is 3. The molecule has 0 bridgehead atoms. The van der Waals surface area contributed by atoms with Crippen molar-refractivity contribution in [2.24, 2.45) is 0 Å². The largest absolute Gasteiger partial charge is 0.510 e. The second-order valence-electron chi connectivity index (χ2n) is 22.4. The van der Waals surface area contributed by atoms with Crippen LogP contribution in [0.4, 0.5) is 0 Å². The van der Waals surface area contributed by atoms with E-state index < -0.39 is 0 Å². The molecule has 350 valence electrons. The van der Waals surface area contributed by atoms with Gasteiger partial charge < -0.3 is 13.9 Å². The summed E-state index contributed by atoms with van der Waals surface area (Å²) in [5.74, 6) is 2.02. The van der Waals surface area contributed by atoms with E-state index in [2.05, 4.69) is 250 Å². The minimum atomic E-state index is -0.386. The molecule has 0 N–H and O–H groups in total. The molecule has 0 aliphatic heterocycles. The third-order valence-electron chi connectivity index (χ3n) is 13.7. The Morgan fingerprint density at radius 3 is 1.72 bits per heavy atom. The first-order valence-electron chi connectivity index (χ1n) is 23.6. The van der Waals surface area contributed by atoms with Crippen LogP contribution in [0.2, 0.25) is 0 Å². The van der Waals surface area contributed by atoms with Gasteiger partial charge in [-0.2, -0.15) is 18.2 Å². The van der Waals surface area contributed by atoms with Crippen LogP contribution in [-0.2, 0) is 48.1 Å². The zero-order chi connectivity index (χ0) is 47.7. The molecular formula is C62H64N4OPt-2. The Hall–Kier alpha value is -6.03. The predicted octanol–water partition coefficient (Wildman–Crippen LogP) is 15.0. The van der Waals surface area contributed by atoms with Gasteiger partial charge in [-0.1, -0.05) is 174 Å². The smallest absolute Gasteiger partial charge is 0.267 e. The van der Waals surface area contributed by atoms with E-state index in [0.29, 0.717) is 11.5 Å². The molecule has 0 aliphatic carbocycles. The number of benzene rings is 6. The van der Waals surface area contributed by atoms with Gasteiger partial charge in [0.2, 0.25) is 0 Å². The summed E-state index contributed by atoms with van der Waals surface area (Å²) in [5.41, 5.74) is 11.7. The van der Waals surface area contributed by atoms with E-state index in [9.17, 15) is 0 Å². The molecule has 68 heavy (non-hydrogen) atoms. The molecule has 0 saturated heterocycles. The minimum Gasteiger partial charge on any atom is -0.510 e. The zero-order valence-electron chi connectivity index (χ0n) is 41.9. The fourth-order valence-corrected chi connectivity index (χ4v) is 9.13. The van der Waals surface area contributed by atoms with E-state index in [1.807, 2.05) is 24.4 Å². The van der Waals surface area contributed by atoms with Gasteiger partial charge in [0, 0.05) is 61.3 Å². The zero-order valence-corrected chi connectivity index (χ0v) is 44.2. The van der Waals surface area contributed by atoms with Crippen molar-refractivity contribution in [3.8, 4) is 28.7 Å². The van der Waals surface area contributed by atoms with Crippen molar-refractivity contribution < 1.29 is 30.4 Å². The Morgan fingerprint density at radius 2 is 1.10 bits per heavy atom. The Balaban J connectivity index is 0.00000625. The molecule has 0 saturated carbocycles. The fourth-order valence-electron chi connectivity index (χ4n) is 9.13. The summed E-state index contributed by atoms with van der Waals surface area (Å²) in [4.78, 5) is 4.97. The number of hydrogen-bond donors (Lipinski definition) is 0. The Labute approximate surface area is 419 Å². The van der Waals surface area contributed by atoms with Crippen LogP contribution in [-0.4, -0.2) is 14.1 Å². The average Bonchev–Trinajstić information content (AvgIpc) is 3.89. The van der Waals surface area contributed by atoms with Crippen molar-refractivity contribution >= 4 is 21.8 Å². The maximum absolute atomic E-state index is 6.78. The minimum absolute atomic E-state index is 0. The van der Waals surface area contributed by atoms with Gasteiger partial charge in [0.25, 0.3) is 6.33 Å². The maximum Gasteiger partial charge on any atom is 0.267 e. The first kappa shape index (κ1) is 48.4. The SMILES string of the molecule is CC(C)(C)c1cc(-[n+]2[c-]n(-c3[c-]c(Oc4[c-]c5c(cc4)c4cc(C(C)(C)c6ccccc6)ccc4n5-c4cc(C(C)(C)C)ccn4)ccc3)c(C(C)(C)c3ccccc3)c2)cc(C(C)(C)C)c1.[Pt]. The Morgan fingerprint density at radius 1 is 0.500 bits per heavy atom. The van der Waals surface area contributed by atoms with Crippen LogP contribution in [0.1, 0.15) is 129 Å². The van der Waals surface area contributed by atoms with Crippen molar-refractivity contribution in [2.45, 2.75) is 117 Å². The summed E-state index contributed by atoms with van der Waals surface area (Å²) < 4.78 is 13.3. The van der Waals surface area contributed by atoms with Gasteiger partial charge in [-0.05, 0) is 91.0 Å². The summed E-state index contributed by atoms with van der Waals surface area (Å²) in [7, 11) is 0. The van der Waals surface area contributed by atoms with Gasteiger partial charge in [0.1, 0.15) is 5.82 Å². The van der Waals surface area contributed by atoms with E-state index >= 15 is 0 Å². The molecule has 0 unspecified atom stereocenters. The first-order valence-corrected chi connectivity index (χ1v) is 23.6.